The van der Waals surface area contributed by atoms with E-state index in [9.17, 15) is 48.7 Å². The molecule has 2 unspecified atom stereocenters. The maximum atomic E-state index is 15.1. The Kier molecular flexibility index (Phi) is 7.50. The SMILES string of the molecule is N#CCCN1C(=O)CC[C@H]1C(=O)N[C@@H]1CC[C@@]2(S(=O)(=O)c3ccc(F)cc3)c3ccc(C(F)(C(F)(F)F)C(F)(F)F)cc3CC3CC312. The van der Waals surface area contributed by atoms with Gasteiger partial charge in [-0.05, 0) is 73.4 Å². The van der Waals surface area contributed by atoms with Gasteiger partial charge < -0.3 is 10.2 Å². The van der Waals surface area contributed by atoms with Crippen LogP contribution in [0, 0.1) is 28.5 Å². The summed E-state index contributed by atoms with van der Waals surface area (Å²) in [6.07, 6.45) is -12.8. The molecule has 47 heavy (non-hydrogen) atoms. The van der Waals surface area contributed by atoms with Crippen molar-refractivity contribution in [3.05, 3.63) is 65.0 Å². The molecule has 2 amide bonds. The number of nitrogens with zero attached hydrogens (tertiary/aromatic N) is 2. The van der Waals surface area contributed by atoms with Crippen molar-refractivity contribution in [1.82, 2.24) is 10.2 Å². The van der Waals surface area contributed by atoms with Crippen molar-refractivity contribution in [2.75, 3.05) is 6.54 Å². The number of rotatable bonds is 7. The van der Waals surface area contributed by atoms with E-state index >= 15 is 4.39 Å². The molecule has 1 saturated heterocycles. The topological polar surface area (TPSA) is 107 Å². The zero-order chi connectivity index (χ0) is 34.4. The lowest BCUT2D eigenvalue weighted by Crippen LogP contribution is -2.55. The lowest BCUT2D eigenvalue weighted by atomic mass is 9.73. The highest BCUT2D eigenvalue weighted by Crippen LogP contribution is 2.77. The zero-order valence-corrected chi connectivity index (χ0v) is 25.2. The van der Waals surface area contributed by atoms with E-state index in [1.54, 1.807) is 0 Å². The average molecular weight is 690 g/mol. The molecule has 1 aliphatic heterocycles. The van der Waals surface area contributed by atoms with Crippen LogP contribution in [0.2, 0.25) is 0 Å². The van der Waals surface area contributed by atoms with Gasteiger partial charge in [-0.3, -0.25) is 9.59 Å². The van der Waals surface area contributed by atoms with Gasteiger partial charge in [-0.25, -0.2) is 17.2 Å². The summed E-state index contributed by atoms with van der Waals surface area (Å²) in [7, 11) is -4.59. The number of amides is 2. The van der Waals surface area contributed by atoms with E-state index in [1.807, 2.05) is 6.07 Å². The summed E-state index contributed by atoms with van der Waals surface area (Å²) in [5.41, 5.74) is -9.01. The third-order valence-electron chi connectivity index (χ3n) is 10.5. The minimum atomic E-state index is -6.37. The number of nitriles is 1. The summed E-state index contributed by atoms with van der Waals surface area (Å²) in [5, 5.41) is 11.9. The van der Waals surface area contributed by atoms with E-state index in [0.717, 1.165) is 30.3 Å². The van der Waals surface area contributed by atoms with Gasteiger partial charge in [-0.2, -0.15) is 31.6 Å². The van der Waals surface area contributed by atoms with Gasteiger partial charge in [0, 0.05) is 30.0 Å². The number of fused-ring (bicyclic) bond motifs is 2. The van der Waals surface area contributed by atoms with Crippen molar-refractivity contribution in [2.24, 2.45) is 11.3 Å². The number of likely N-dealkylation sites (tertiary alicyclic amines) is 1. The maximum absolute atomic E-state index is 15.1. The molecule has 0 aromatic heterocycles. The number of hydrogen-bond acceptors (Lipinski definition) is 5. The van der Waals surface area contributed by atoms with Gasteiger partial charge in [0.25, 0.3) is 0 Å². The molecule has 7 nitrogen and oxygen atoms in total. The van der Waals surface area contributed by atoms with Crippen LogP contribution in [-0.2, 0) is 36.3 Å². The fraction of sp³-hybridized carbons (Fsp3) is 0.516. The van der Waals surface area contributed by atoms with Crippen molar-refractivity contribution < 1.29 is 53.1 Å². The fourth-order valence-electron chi connectivity index (χ4n) is 8.42. The van der Waals surface area contributed by atoms with Crippen LogP contribution < -0.4 is 5.32 Å². The fourth-order valence-corrected chi connectivity index (χ4v) is 11.1. The highest BCUT2D eigenvalue weighted by Gasteiger charge is 2.80. The Balaban J connectivity index is 1.46. The van der Waals surface area contributed by atoms with Crippen LogP contribution in [0.25, 0.3) is 0 Å². The zero-order valence-electron chi connectivity index (χ0n) is 24.4. The Bertz CT molecular complexity index is 1780. The van der Waals surface area contributed by atoms with E-state index in [2.05, 4.69) is 5.32 Å². The Morgan fingerprint density at radius 1 is 1.02 bits per heavy atom. The third-order valence-corrected chi connectivity index (χ3v) is 13.1. The molecule has 0 radical (unpaired) electrons. The van der Waals surface area contributed by atoms with Crippen molar-refractivity contribution in [2.45, 2.75) is 84.7 Å². The van der Waals surface area contributed by atoms with Crippen LogP contribution in [-0.4, -0.2) is 56.1 Å². The molecule has 4 aliphatic rings. The van der Waals surface area contributed by atoms with Gasteiger partial charge in [-0.15, -0.1) is 0 Å². The molecule has 3 aliphatic carbocycles. The molecular formula is C31H27F8N3O4S. The van der Waals surface area contributed by atoms with Gasteiger partial charge >= 0.3 is 18.0 Å². The molecule has 2 aromatic rings. The largest absolute Gasteiger partial charge is 0.435 e. The summed E-state index contributed by atoms with van der Waals surface area (Å²) in [4.78, 5) is 26.9. The van der Waals surface area contributed by atoms with Crippen molar-refractivity contribution >= 4 is 21.7 Å². The first-order chi connectivity index (χ1) is 21.9. The number of benzene rings is 2. The first-order valence-electron chi connectivity index (χ1n) is 14.8. The lowest BCUT2D eigenvalue weighted by Gasteiger charge is -2.44. The van der Waals surface area contributed by atoms with Crippen molar-refractivity contribution in [3.8, 4) is 6.07 Å². The van der Waals surface area contributed by atoms with Gasteiger partial charge in [0.05, 0.1) is 17.4 Å². The minimum Gasteiger partial charge on any atom is -0.351 e. The van der Waals surface area contributed by atoms with Crippen molar-refractivity contribution in [1.29, 1.82) is 5.26 Å². The molecule has 252 valence electrons. The number of nitrogens with one attached hydrogen (secondary N) is 1. The number of carbonyl (C=O) groups excluding carboxylic acids is 2. The van der Waals surface area contributed by atoms with Crippen LogP contribution in [0.1, 0.15) is 55.2 Å². The summed E-state index contributed by atoms with van der Waals surface area (Å²) in [5.74, 6) is -2.30. The first-order valence-corrected chi connectivity index (χ1v) is 16.3. The van der Waals surface area contributed by atoms with Crippen LogP contribution in [0.4, 0.5) is 35.1 Å². The number of carbonyl (C=O) groups is 2. The molecule has 1 heterocycles. The predicted octanol–water partition coefficient (Wildman–Crippen LogP) is 5.53. The predicted molar refractivity (Wildman–Crippen MR) is 147 cm³/mol. The van der Waals surface area contributed by atoms with Gasteiger partial charge in [-0.1, -0.05) is 18.2 Å². The Labute approximate surface area is 263 Å². The second kappa shape index (κ2) is 10.6. The first kappa shape index (κ1) is 33.2. The van der Waals surface area contributed by atoms with Gasteiger partial charge in [0.2, 0.25) is 11.8 Å². The van der Waals surface area contributed by atoms with Gasteiger partial charge in [0.15, 0.2) is 9.84 Å². The number of sulfone groups is 1. The number of hydrogen-bond donors (Lipinski definition) is 1. The highest BCUT2D eigenvalue weighted by atomic mass is 32.2. The molecule has 3 fully saturated rings. The summed E-state index contributed by atoms with van der Waals surface area (Å²) >= 11 is 0. The second-order valence-corrected chi connectivity index (χ2v) is 14.8. The van der Waals surface area contributed by atoms with Crippen LogP contribution in [0.15, 0.2) is 47.4 Å². The molecule has 1 spiro atoms. The minimum absolute atomic E-state index is 0.0103. The molecule has 5 atom stereocenters. The van der Waals surface area contributed by atoms with E-state index < -0.39 is 73.3 Å². The summed E-state index contributed by atoms with van der Waals surface area (Å²) < 4.78 is 138. The number of halogens is 8. The van der Waals surface area contributed by atoms with Crippen LogP contribution in [0.3, 0.4) is 0 Å². The van der Waals surface area contributed by atoms with E-state index in [0.29, 0.717) is 12.1 Å². The molecule has 2 aromatic carbocycles. The number of alkyl halides is 7. The van der Waals surface area contributed by atoms with E-state index in [-0.39, 0.29) is 73.4 Å². The molecular weight excluding hydrogens is 662 g/mol. The smallest absolute Gasteiger partial charge is 0.351 e. The lowest BCUT2D eigenvalue weighted by molar-refractivity contribution is -0.348. The maximum Gasteiger partial charge on any atom is 0.435 e. The normalized spacial score (nSPS) is 28.7. The monoisotopic (exact) mass is 689 g/mol. The average Bonchev–Trinajstić information content (AvgIpc) is 3.47. The molecule has 0 bridgehead atoms. The molecule has 6 rings (SSSR count). The summed E-state index contributed by atoms with van der Waals surface area (Å²) in [6, 6.07) is 5.53. The summed E-state index contributed by atoms with van der Waals surface area (Å²) in [6.45, 7) is 0.0103. The third kappa shape index (κ3) is 4.51. The molecule has 16 heteroatoms. The quantitative estimate of drug-likeness (QED) is 0.304. The van der Waals surface area contributed by atoms with E-state index in [1.165, 1.54) is 4.90 Å². The van der Waals surface area contributed by atoms with Gasteiger partial charge in [0.1, 0.15) is 16.6 Å². The van der Waals surface area contributed by atoms with Crippen LogP contribution >= 0.6 is 0 Å². The standard InChI is InChI=1S/C31H27F8N3O4S/c32-20-3-5-21(6-4-20)47(45,46)28-11-10-24(41-26(44)23-8-9-25(43)42(23)13-1-12-40)27(28)16-19(27)15-17-14-18(2-7-22(17)28)29(33,30(34,35)36)31(37,38)39/h2-7,14,19,23-24H,1,8-11,13,15-16H2,(H,41,44)/t19?,23-,24+,27?,28+/m0/s1. The Morgan fingerprint density at radius 3 is 2.30 bits per heavy atom. The Morgan fingerprint density at radius 2 is 1.68 bits per heavy atom. The second-order valence-electron chi connectivity index (χ2n) is 12.6. The van der Waals surface area contributed by atoms with Crippen molar-refractivity contribution in [3.63, 3.8) is 0 Å². The van der Waals surface area contributed by atoms with E-state index in [4.69, 9.17) is 5.26 Å². The Hall–Kier alpha value is -3.74. The molecule has 2 saturated carbocycles. The van der Waals surface area contributed by atoms with Crippen LogP contribution in [0.5, 0.6) is 0 Å². The molecule has 1 N–H and O–H groups in total. The highest BCUT2D eigenvalue weighted by molar-refractivity contribution is 7.92.